The molecule has 0 aromatic carbocycles. The highest BCUT2D eigenvalue weighted by atomic mass is 28.3. The van der Waals surface area contributed by atoms with Crippen LogP contribution in [0, 0.1) is 0 Å². The molecule has 5 heteroatoms. The van der Waals surface area contributed by atoms with E-state index in [1.165, 1.54) is 48.4 Å². The van der Waals surface area contributed by atoms with Crippen LogP contribution in [0.1, 0.15) is 0 Å². The van der Waals surface area contributed by atoms with Crippen LogP contribution in [0.3, 0.4) is 0 Å². The molecular weight excluding hydrogens is 477 g/mol. The fourth-order valence-corrected chi connectivity index (χ4v) is 24.9. The zero-order chi connectivity index (χ0) is 25.8. The molecule has 184 valence electrons. The molecule has 33 heavy (non-hydrogen) atoms. The first kappa shape index (κ1) is 32.0. The zero-order valence-corrected chi connectivity index (χ0v) is 27.4. The summed E-state index contributed by atoms with van der Waals surface area (Å²) in [7, 11) is -8.03. The second-order valence-corrected chi connectivity index (χ2v) is 33.5. The maximum atomic E-state index is 4.19. The minimum absolute atomic E-state index is 1.27. The van der Waals surface area contributed by atoms with Gasteiger partial charge >= 0.3 is 0 Å². The Morgan fingerprint density at radius 1 is 0.333 bits per heavy atom. The molecule has 0 rings (SSSR count). The predicted molar refractivity (Wildman–Crippen MR) is 172 cm³/mol. The summed E-state index contributed by atoms with van der Waals surface area (Å²) in [5.74, 6) is 0. The van der Waals surface area contributed by atoms with Crippen LogP contribution in [-0.2, 0) is 0 Å². The van der Waals surface area contributed by atoms with E-state index in [0.29, 0.717) is 0 Å². The second-order valence-electron chi connectivity index (χ2n) is 11.2. The average molecular weight is 529 g/mol. The Bertz CT molecular complexity index is 575. The Hall–Kier alpha value is -0.996. The molecule has 0 aliphatic heterocycles. The van der Waals surface area contributed by atoms with Gasteiger partial charge < -0.3 is 0 Å². The van der Waals surface area contributed by atoms with E-state index >= 15 is 0 Å². The normalized spacial score (nSPS) is 13.0. The predicted octanol–water partition coefficient (Wildman–Crippen LogP) is 9.55. The van der Waals surface area contributed by atoms with E-state index in [2.05, 4.69) is 124 Å². The van der Waals surface area contributed by atoms with Crippen LogP contribution in [0.5, 0.6) is 0 Å². The summed E-state index contributed by atoms with van der Waals surface area (Å²) in [4.78, 5) is 0. The molecule has 0 nitrogen and oxygen atoms in total. The van der Waals surface area contributed by atoms with Gasteiger partial charge in [-0.1, -0.05) is 120 Å². The van der Waals surface area contributed by atoms with E-state index < -0.39 is 40.4 Å². The van der Waals surface area contributed by atoms with E-state index in [-0.39, 0.29) is 0 Å². The van der Waals surface area contributed by atoms with Crippen LogP contribution in [0.2, 0.25) is 74.5 Å². The third kappa shape index (κ3) is 10.0. The van der Waals surface area contributed by atoms with Gasteiger partial charge in [0.25, 0.3) is 0 Å². The molecule has 0 unspecified atom stereocenters. The van der Waals surface area contributed by atoms with Crippen LogP contribution >= 0.6 is 0 Å². The van der Waals surface area contributed by atoms with Crippen molar-refractivity contribution in [2.45, 2.75) is 74.5 Å². The van der Waals surface area contributed by atoms with E-state index in [1.54, 1.807) is 0 Å². The highest BCUT2D eigenvalue weighted by molar-refractivity contribution is 6.95. The molecule has 0 N–H and O–H groups in total. The van der Waals surface area contributed by atoms with Gasteiger partial charge in [-0.05, 0) is 0 Å². The fourth-order valence-electron chi connectivity index (χ4n) is 4.04. The van der Waals surface area contributed by atoms with Gasteiger partial charge in [-0.25, -0.2) is 0 Å². The third-order valence-corrected chi connectivity index (χ3v) is 28.5. The van der Waals surface area contributed by atoms with Gasteiger partial charge in [0.05, 0.1) is 40.4 Å². The molecule has 0 heterocycles. The van der Waals surface area contributed by atoms with E-state index in [9.17, 15) is 0 Å². The Kier molecular flexibility index (Phi) is 13.4. The Labute approximate surface area is 212 Å². The number of rotatable bonds is 20. The lowest BCUT2D eigenvalue weighted by Gasteiger charge is -2.39. The first-order valence-corrected chi connectivity index (χ1v) is 26.7. The van der Waals surface area contributed by atoms with Gasteiger partial charge in [0.2, 0.25) is 0 Å². The molecule has 0 aliphatic carbocycles. The van der Waals surface area contributed by atoms with E-state index in [1.807, 2.05) is 0 Å². The summed E-state index contributed by atoms with van der Waals surface area (Å²) in [6.45, 7) is 43.1. The molecule has 0 saturated carbocycles. The first-order valence-electron chi connectivity index (χ1n) is 12.4. The summed E-state index contributed by atoms with van der Waals surface area (Å²) < 4.78 is 0. The minimum atomic E-state index is -1.61. The van der Waals surface area contributed by atoms with Crippen molar-refractivity contribution in [1.82, 2.24) is 0 Å². The first-order chi connectivity index (χ1) is 15.3. The summed E-state index contributed by atoms with van der Waals surface area (Å²) in [5, 5.41) is 0. The van der Waals surface area contributed by atoms with Crippen molar-refractivity contribution in [1.29, 1.82) is 0 Å². The standard InChI is InChI=1S/C28H52Si5/c1-13-29(9,14-2)21-25-33(26-22-30(10,15-3)16-4,27-23-31(11,17-5)18-6)28-24-32(12,19-7)20-8/h13-20H,1-8,21-28H2,9-12H3. The molecule has 0 fully saturated rings. The molecule has 0 aromatic rings. The van der Waals surface area contributed by atoms with Crippen LogP contribution in [0.25, 0.3) is 0 Å². The molecular formula is C28H52Si5. The smallest absolute Gasteiger partial charge is 0.0970 e. The maximum Gasteiger partial charge on any atom is 0.0970 e. The summed E-state index contributed by atoms with van der Waals surface area (Å²) in [5.41, 5.74) is 17.8. The molecule has 0 aliphatic rings. The van der Waals surface area contributed by atoms with Gasteiger partial charge in [0.15, 0.2) is 0 Å². The van der Waals surface area contributed by atoms with Gasteiger partial charge in [-0.3, -0.25) is 0 Å². The van der Waals surface area contributed by atoms with Crippen LogP contribution < -0.4 is 0 Å². The van der Waals surface area contributed by atoms with Crippen molar-refractivity contribution in [3.05, 3.63) is 98.2 Å². The number of hydrogen-bond acceptors (Lipinski definition) is 0. The number of hydrogen-bond donors (Lipinski definition) is 0. The Morgan fingerprint density at radius 3 is 0.606 bits per heavy atom. The highest BCUT2D eigenvalue weighted by Gasteiger charge is 2.39. The lowest BCUT2D eigenvalue weighted by molar-refractivity contribution is 1.07. The molecule has 0 spiro atoms. The summed E-state index contributed by atoms with van der Waals surface area (Å²) >= 11 is 0. The molecule has 0 amide bonds. The fraction of sp³-hybridized carbons (Fsp3) is 0.429. The van der Waals surface area contributed by atoms with Gasteiger partial charge in [-0.2, -0.15) is 0 Å². The minimum Gasteiger partial charge on any atom is -0.107 e. The van der Waals surface area contributed by atoms with Crippen molar-refractivity contribution in [3.8, 4) is 0 Å². The van der Waals surface area contributed by atoms with Crippen molar-refractivity contribution in [2.24, 2.45) is 0 Å². The SMILES string of the molecule is C=C[Si](C)(C=C)CC[Si](CC[Si](C)(C=C)C=C)(CC[Si](C)(C=C)C=C)CC[Si](C)(C=C)C=C. The Morgan fingerprint density at radius 2 is 0.485 bits per heavy atom. The quantitative estimate of drug-likeness (QED) is 0.138. The summed E-state index contributed by atoms with van der Waals surface area (Å²) in [6.07, 6.45) is 0. The summed E-state index contributed by atoms with van der Waals surface area (Å²) in [6, 6.07) is 10.5. The van der Waals surface area contributed by atoms with Crippen molar-refractivity contribution in [2.75, 3.05) is 0 Å². The monoisotopic (exact) mass is 528 g/mol. The largest absolute Gasteiger partial charge is 0.107 e. The van der Waals surface area contributed by atoms with Gasteiger partial charge in [-0.15, -0.1) is 52.6 Å². The molecule has 0 radical (unpaired) electrons. The maximum absolute atomic E-state index is 4.19. The molecule has 0 bridgehead atoms. The van der Waals surface area contributed by atoms with Crippen LogP contribution in [-0.4, -0.2) is 40.4 Å². The van der Waals surface area contributed by atoms with Crippen molar-refractivity contribution < 1.29 is 0 Å². The highest BCUT2D eigenvalue weighted by Crippen LogP contribution is 2.40. The second kappa shape index (κ2) is 13.8. The topological polar surface area (TPSA) is 0 Å². The molecule has 0 saturated heterocycles. The lowest BCUT2D eigenvalue weighted by atomic mass is 10.9. The van der Waals surface area contributed by atoms with E-state index in [0.717, 1.165) is 0 Å². The van der Waals surface area contributed by atoms with E-state index in [4.69, 9.17) is 0 Å². The Balaban J connectivity index is 6.30. The van der Waals surface area contributed by atoms with Gasteiger partial charge in [0.1, 0.15) is 0 Å². The molecule has 0 atom stereocenters. The lowest BCUT2D eigenvalue weighted by Crippen LogP contribution is -2.43. The van der Waals surface area contributed by atoms with Crippen molar-refractivity contribution in [3.63, 3.8) is 0 Å². The van der Waals surface area contributed by atoms with Gasteiger partial charge in [0, 0.05) is 0 Å². The average Bonchev–Trinajstić information content (AvgIpc) is 2.86. The third-order valence-electron chi connectivity index (χ3n) is 8.51. The van der Waals surface area contributed by atoms with Crippen LogP contribution in [0.15, 0.2) is 98.2 Å². The zero-order valence-electron chi connectivity index (χ0n) is 22.4. The van der Waals surface area contributed by atoms with Crippen molar-refractivity contribution >= 4 is 40.4 Å². The molecule has 0 aromatic heterocycles. The van der Waals surface area contributed by atoms with Crippen LogP contribution in [0.4, 0.5) is 0 Å².